The number of anilines is 1. The van der Waals surface area contributed by atoms with Crippen LogP contribution in [0.25, 0.3) is 0 Å². The fraction of sp³-hybridized carbons (Fsp3) is 0.714. The molecule has 4 nitrogen and oxygen atoms in total. The molecule has 0 aliphatic carbocycles. The molecular weight excluding hydrogens is 226 g/mol. The molecule has 2 N–H and O–H groups in total. The third-order valence-corrected chi connectivity index (χ3v) is 2.88. The Morgan fingerprint density at radius 1 is 1.22 bits per heavy atom. The maximum Gasteiger partial charge on any atom is 0.252 e. The molecule has 18 heavy (non-hydrogen) atoms. The van der Waals surface area contributed by atoms with Crippen LogP contribution in [0.15, 0.2) is 10.9 Å². The van der Waals surface area contributed by atoms with Crippen molar-refractivity contribution in [1.29, 1.82) is 0 Å². The number of nitrogens with zero attached hydrogens (tertiary/aromatic N) is 1. The second-order valence-corrected chi connectivity index (χ2v) is 5.69. The molecule has 0 amide bonds. The summed E-state index contributed by atoms with van der Waals surface area (Å²) in [5.74, 6) is 2.35. The van der Waals surface area contributed by atoms with Gasteiger partial charge in [-0.25, -0.2) is 4.98 Å². The highest BCUT2D eigenvalue weighted by atomic mass is 16.1. The standard InChI is InChI=1S/C14H25N3O/c1-9(2)6-7-11(5)15-12-8-13(18)17-14(16-12)10(3)4/h8-11H,6-7H2,1-5H3,(H2,15,16,17,18). The predicted molar refractivity (Wildman–Crippen MR) is 76.1 cm³/mol. The summed E-state index contributed by atoms with van der Waals surface area (Å²) >= 11 is 0. The fourth-order valence-electron chi connectivity index (χ4n) is 1.73. The van der Waals surface area contributed by atoms with Gasteiger partial charge in [-0.05, 0) is 25.7 Å². The first kappa shape index (κ1) is 14.7. The Morgan fingerprint density at radius 3 is 2.44 bits per heavy atom. The number of hydrogen-bond acceptors (Lipinski definition) is 3. The van der Waals surface area contributed by atoms with Crippen molar-refractivity contribution in [1.82, 2.24) is 9.97 Å². The highest BCUT2D eigenvalue weighted by Crippen LogP contribution is 2.12. The minimum absolute atomic E-state index is 0.0905. The first-order chi connectivity index (χ1) is 8.38. The molecule has 0 aromatic carbocycles. The minimum Gasteiger partial charge on any atom is -0.367 e. The minimum atomic E-state index is -0.0905. The van der Waals surface area contributed by atoms with E-state index < -0.39 is 0 Å². The first-order valence-corrected chi connectivity index (χ1v) is 6.76. The van der Waals surface area contributed by atoms with Crippen molar-refractivity contribution in [3.8, 4) is 0 Å². The van der Waals surface area contributed by atoms with Crippen LogP contribution >= 0.6 is 0 Å². The lowest BCUT2D eigenvalue weighted by Gasteiger charge is -2.16. The summed E-state index contributed by atoms with van der Waals surface area (Å²) in [4.78, 5) is 18.7. The van der Waals surface area contributed by atoms with Gasteiger partial charge in [0.25, 0.3) is 5.56 Å². The van der Waals surface area contributed by atoms with Gasteiger partial charge in [0.2, 0.25) is 0 Å². The van der Waals surface area contributed by atoms with E-state index in [1.54, 1.807) is 0 Å². The molecule has 0 aliphatic heterocycles. The molecule has 0 radical (unpaired) electrons. The van der Waals surface area contributed by atoms with E-state index in [1.165, 1.54) is 12.5 Å². The van der Waals surface area contributed by atoms with Crippen LogP contribution < -0.4 is 10.9 Å². The zero-order valence-electron chi connectivity index (χ0n) is 12.1. The second-order valence-electron chi connectivity index (χ2n) is 5.69. The lowest BCUT2D eigenvalue weighted by Crippen LogP contribution is -2.20. The van der Waals surface area contributed by atoms with E-state index in [9.17, 15) is 4.79 Å². The van der Waals surface area contributed by atoms with Crippen LogP contribution in [0.3, 0.4) is 0 Å². The van der Waals surface area contributed by atoms with Crippen molar-refractivity contribution in [3.05, 3.63) is 22.2 Å². The summed E-state index contributed by atoms with van der Waals surface area (Å²) in [6.07, 6.45) is 2.26. The second kappa shape index (κ2) is 6.57. The summed E-state index contributed by atoms with van der Waals surface area (Å²) in [5.41, 5.74) is -0.0905. The lowest BCUT2D eigenvalue weighted by atomic mass is 10.0. The molecule has 102 valence electrons. The molecule has 0 bridgehead atoms. The van der Waals surface area contributed by atoms with Crippen LogP contribution in [-0.2, 0) is 0 Å². The largest absolute Gasteiger partial charge is 0.367 e. The van der Waals surface area contributed by atoms with Crippen molar-refractivity contribution >= 4 is 5.82 Å². The number of rotatable bonds is 6. The highest BCUT2D eigenvalue weighted by Gasteiger charge is 2.08. The number of nitrogens with one attached hydrogen (secondary N) is 2. The maximum absolute atomic E-state index is 11.5. The van der Waals surface area contributed by atoms with Crippen LogP contribution in [0.1, 0.15) is 59.2 Å². The van der Waals surface area contributed by atoms with Crippen LogP contribution in [0.5, 0.6) is 0 Å². The zero-order chi connectivity index (χ0) is 13.7. The number of aromatic nitrogens is 2. The van der Waals surface area contributed by atoms with Gasteiger partial charge in [0.15, 0.2) is 0 Å². The van der Waals surface area contributed by atoms with Gasteiger partial charge < -0.3 is 10.3 Å². The predicted octanol–water partition coefficient (Wildman–Crippen LogP) is 3.13. The Kier molecular flexibility index (Phi) is 5.38. The van der Waals surface area contributed by atoms with Crippen molar-refractivity contribution in [3.63, 3.8) is 0 Å². The Labute approximate surface area is 109 Å². The van der Waals surface area contributed by atoms with Gasteiger partial charge in [0, 0.05) is 18.0 Å². The molecular formula is C14H25N3O. The molecule has 0 aliphatic rings. The molecule has 1 atom stereocenters. The zero-order valence-corrected chi connectivity index (χ0v) is 12.1. The van der Waals surface area contributed by atoms with E-state index in [4.69, 9.17) is 0 Å². The fourth-order valence-corrected chi connectivity index (χ4v) is 1.73. The molecule has 0 saturated carbocycles. The highest BCUT2D eigenvalue weighted by molar-refractivity contribution is 5.34. The molecule has 1 heterocycles. The van der Waals surface area contributed by atoms with Gasteiger partial charge in [0.05, 0.1) is 0 Å². The Bertz CT molecular complexity index is 423. The van der Waals surface area contributed by atoms with Crippen LogP contribution in [0.4, 0.5) is 5.82 Å². The van der Waals surface area contributed by atoms with Crippen LogP contribution in [-0.4, -0.2) is 16.0 Å². The van der Waals surface area contributed by atoms with E-state index in [2.05, 4.69) is 36.1 Å². The van der Waals surface area contributed by atoms with Crippen molar-refractivity contribution < 1.29 is 0 Å². The summed E-state index contributed by atoms with van der Waals surface area (Å²) in [6, 6.07) is 1.86. The first-order valence-electron chi connectivity index (χ1n) is 6.76. The van der Waals surface area contributed by atoms with E-state index in [-0.39, 0.29) is 11.5 Å². The third kappa shape index (κ3) is 4.90. The summed E-state index contributed by atoms with van der Waals surface area (Å²) < 4.78 is 0. The molecule has 1 aromatic heterocycles. The van der Waals surface area contributed by atoms with Crippen molar-refractivity contribution in [2.45, 2.75) is 59.4 Å². The van der Waals surface area contributed by atoms with Gasteiger partial charge >= 0.3 is 0 Å². The van der Waals surface area contributed by atoms with Gasteiger partial charge in [-0.2, -0.15) is 0 Å². The molecule has 0 fully saturated rings. The third-order valence-electron chi connectivity index (χ3n) is 2.88. The molecule has 1 rings (SSSR count). The van der Waals surface area contributed by atoms with Gasteiger partial charge in [0.1, 0.15) is 11.6 Å². The summed E-state index contributed by atoms with van der Waals surface area (Å²) in [6.45, 7) is 10.6. The number of hydrogen-bond donors (Lipinski definition) is 2. The number of H-pyrrole nitrogens is 1. The van der Waals surface area contributed by atoms with Crippen molar-refractivity contribution in [2.75, 3.05) is 5.32 Å². The average molecular weight is 251 g/mol. The molecule has 1 unspecified atom stereocenters. The topological polar surface area (TPSA) is 57.8 Å². The monoisotopic (exact) mass is 251 g/mol. The average Bonchev–Trinajstić information content (AvgIpc) is 2.25. The Hall–Kier alpha value is -1.32. The molecule has 0 spiro atoms. The lowest BCUT2D eigenvalue weighted by molar-refractivity contribution is 0.527. The summed E-state index contributed by atoms with van der Waals surface area (Å²) in [7, 11) is 0. The van der Waals surface area contributed by atoms with E-state index in [1.807, 2.05) is 13.8 Å². The number of aromatic amines is 1. The van der Waals surface area contributed by atoms with Gasteiger partial charge in [-0.1, -0.05) is 27.7 Å². The molecule has 1 aromatic rings. The van der Waals surface area contributed by atoms with Crippen LogP contribution in [0, 0.1) is 5.92 Å². The smallest absolute Gasteiger partial charge is 0.252 e. The van der Waals surface area contributed by atoms with Crippen LogP contribution in [0.2, 0.25) is 0 Å². The Morgan fingerprint density at radius 2 is 1.89 bits per heavy atom. The summed E-state index contributed by atoms with van der Waals surface area (Å²) in [5, 5.41) is 3.30. The van der Waals surface area contributed by atoms with Crippen molar-refractivity contribution in [2.24, 2.45) is 5.92 Å². The van der Waals surface area contributed by atoms with Gasteiger partial charge in [-0.3, -0.25) is 4.79 Å². The van der Waals surface area contributed by atoms with E-state index in [0.717, 1.165) is 12.2 Å². The maximum atomic E-state index is 11.5. The normalized spacial score (nSPS) is 13.1. The quantitative estimate of drug-likeness (QED) is 0.816. The SMILES string of the molecule is CC(C)CCC(C)Nc1cc(=O)[nH]c(C(C)C)n1. The Balaban J connectivity index is 2.69. The molecule has 0 saturated heterocycles. The van der Waals surface area contributed by atoms with Gasteiger partial charge in [-0.15, -0.1) is 0 Å². The van der Waals surface area contributed by atoms with E-state index >= 15 is 0 Å². The van der Waals surface area contributed by atoms with E-state index in [0.29, 0.717) is 17.8 Å². The molecule has 4 heteroatoms.